The quantitative estimate of drug-likeness (QED) is 0.832. The van der Waals surface area contributed by atoms with Gasteiger partial charge in [0.25, 0.3) is 0 Å². The van der Waals surface area contributed by atoms with Gasteiger partial charge >= 0.3 is 0 Å². The summed E-state index contributed by atoms with van der Waals surface area (Å²) in [4.78, 5) is 0. The zero-order valence-corrected chi connectivity index (χ0v) is 11.4. The van der Waals surface area contributed by atoms with Crippen molar-refractivity contribution in [2.75, 3.05) is 13.1 Å². The van der Waals surface area contributed by atoms with E-state index < -0.39 is 0 Å². The van der Waals surface area contributed by atoms with Crippen molar-refractivity contribution in [2.24, 2.45) is 5.92 Å². The van der Waals surface area contributed by atoms with Crippen molar-refractivity contribution in [2.45, 2.75) is 40.2 Å². The number of aromatic nitrogens is 2. The standard InChI is InChI=1S/C12H22ClN3/c1-5-11(7-14-6-9(2)3)16-8-12(13)10(4)15-16/h8-9,11,14H,5-7H2,1-4H3. The Morgan fingerprint density at radius 1 is 1.44 bits per heavy atom. The molecule has 3 nitrogen and oxygen atoms in total. The van der Waals surface area contributed by atoms with E-state index >= 15 is 0 Å². The number of nitrogens with one attached hydrogen (secondary N) is 1. The lowest BCUT2D eigenvalue weighted by atomic mass is 10.2. The van der Waals surface area contributed by atoms with Gasteiger partial charge in [0.2, 0.25) is 0 Å². The number of rotatable bonds is 6. The summed E-state index contributed by atoms with van der Waals surface area (Å²) in [6, 6.07) is 0.393. The molecule has 0 radical (unpaired) electrons. The molecule has 0 aliphatic carbocycles. The Labute approximate surface area is 103 Å². The molecule has 1 N–H and O–H groups in total. The number of hydrogen-bond donors (Lipinski definition) is 1. The maximum atomic E-state index is 6.01. The van der Waals surface area contributed by atoms with Gasteiger partial charge in [-0.3, -0.25) is 4.68 Å². The highest BCUT2D eigenvalue weighted by Crippen LogP contribution is 2.17. The zero-order chi connectivity index (χ0) is 12.1. The molecule has 1 aromatic rings. The molecule has 1 atom stereocenters. The van der Waals surface area contributed by atoms with E-state index in [2.05, 4.69) is 31.2 Å². The summed E-state index contributed by atoms with van der Waals surface area (Å²) in [6.45, 7) is 10.5. The van der Waals surface area contributed by atoms with Crippen LogP contribution < -0.4 is 5.32 Å². The van der Waals surface area contributed by atoms with Crippen LogP contribution in [0.15, 0.2) is 6.20 Å². The van der Waals surface area contributed by atoms with E-state index in [0.29, 0.717) is 12.0 Å². The van der Waals surface area contributed by atoms with Gasteiger partial charge in [-0.15, -0.1) is 0 Å². The highest BCUT2D eigenvalue weighted by atomic mass is 35.5. The van der Waals surface area contributed by atoms with Gasteiger partial charge < -0.3 is 5.32 Å². The third kappa shape index (κ3) is 3.80. The first-order valence-electron chi connectivity index (χ1n) is 5.96. The fourth-order valence-electron chi connectivity index (χ4n) is 1.61. The maximum absolute atomic E-state index is 6.01. The van der Waals surface area contributed by atoms with Crippen molar-refractivity contribution in [3.8, 4) is 0 Å². The van der Waals surface area contributed by atoms with Gasteiger partial charge in [-0.1, -0.05) is 32.4 Å². The first-order chi connectivity index (χ1) is 7.54. The summed E-state index contributed by atoms with van der Waals surface area (Å²) in [5.74, 6) is 0.681. The maximum Gasteiger partial charge on any atom is 0.0815 e. The highest BCUT2D eigenvalue weighted by molar-refractivity contribution is 6.31. The molecule has 0 saturated carbocycles. The molecule has 1 heterocycles. The summed E-state index contributed by atoms with van der Waals surface area (Å²) in [6.07, 6.45) is 2.98. The van der Waals surface area contributed by atoms with E-state index in [9.17, 15) is 0 Å². The van der Waals surface area contributed by atoms with Crippen molar-refractivity contribution in [3.63, 3.8) is 0 Å². The van der Waals surface area contributed by atoms with Crippen LogP contribution in [0.3, 0.4) is 0 Å². The van der Waals surface area contributed by atoms with Gasteiger partial charge in [0.05, 0.1) is 16.8 Å². The van der Waals surface area contributed by atoms with E-state index in [4.69, 9.17) is 11.6 Å². The topological polar surface area (TPSA) is 29.9 Å². The van der Waals surface area contributed by atoms with E-state index in [0.717, 1.165) is 30.2 Å². The lowest BCUT2D eigenvalue weighted by Crippen LogP contribution is -2.28. The van der Waals surface area contributed by atoms with Crippen molar-refractivity contribution < 1.29 is 0 Å². The normalized spacial score (nSPS) is 13.4. The van der Waals surface area contributed by atoms with Crippen LogP contribution in [0.1, 0.15) is 38.9 Å². The molecule has 0 fully saturated rings. The van der Waals surface area contributed by atoms with E-state index in [1.807, 2.05) is 17.8 Å². The van der Waals surface area contributed by atoms with E-state index in [1.54, 1.807) is 0 Å². The van der Waals surface area contributed by atoms with Crippen LogP contribution in [-0.4, -0.2) is 22.9 Å². The Morgan fingerprint density at radius 3 is 2.56 bits per heavy atom. The van der Waals surface area contributed by atoms with Gasteiger partial charge in [-0.2, -0.15) is 5.10 Å². The lowest BCUT2D eigenvalue weighted by Gasteiger charge is -2.17. The second kappa shape index (κ2) is 6.26. The Bertz CT molecular complexity index is 301. The summed E-state index contributed by atoms with van der Waals surface area (Å²) < 4.78 is 1.98. The number of hydrogen-bond acceptors (Lipinski definition) is 2. The monoisotopic (exact) mass is 243 g/mol. The highest BCUT2D eigenvalue weighted by Gasteiger charge is 2.11. The molecule has 0 amide bonds. The fourth-order valence-corrected chi connectivity index (χ4v) is 1.75. The first kappa shape index (κ1) is 13.5. The molecule has 92 valence electrons. The fraction of sp³-hybridized carbons (Fsp3) is 0.750. The van der Waals surface area contributed by atoms with Crippen LogP contribution in [0.4, 0.5) is 0 Å². The van der Waals surface area contributed by atoms with Crippen LogP contribution >= 0.6 is 11.6 Å². The minimum Gasteiger partial charge on any atom is -0.314 e. The third-order valence-electron chi connectivity index (χ3n) is 2.63. The van der Waals surface area contributed by atoms with Gasteiger partial charge in [0.15, 0.2) is 0 Å². The minimum atomic E-state index is 0.393. The lowest BCUT2D eigenvalue weighted by molar-refractivity contribution is 0.398. The molecule has 1 aromatic heterocycles. The van der Waals surface area contributed by atoms with Crippen molar-refractivity contribution in [1.29, 1.82) is 0 Å². The van der Waals surface area contributed by atoms with Gasteiger partial charge in [0, 0.05) is 12.7 Å². The summed E-state index contributed by atoms with van der Waals surface area (Å²) in [5, 5.41) is 8.64. The summed E-state index contributed by atoms with van der Waals surface area (Å²) in [7, 11) is 0. The van der Waals surface area contributed by atoms with Crippen LogP contribution in [0, 0.1) is 12.8 Å². The Kier molecular flexibility index (Phi) is 5.29. The average Bonchev–Trinajstić information content (AvgIpc) is 2.53. The molecule has 0 saturated heterocycles. The SMILES string of the molecule is CCC(CNCC(C)C)n1cc(Cl)c(C)n1. The van der Waals surface area contributed by atoms with Crippen molar-refractivity contribution in [3.05, 3.63) is 16.9 Å². The molecule has 0 aliphatic rings. The molecular formula is C12H22ClN3. The largest absolute Gasteiger partial charge is 0.314 e. The molecule has 0 aliphatic heterocycles. The molecule has 1 unspecified atom stereocenters. The molecule has 0 bridgehead atoms. The average molecular weight is 244 g/mol. The predicted molar refractivity (Wildman–Crippen MR) is 69.0 cm³/mol. The first-order valence-corrected chi connectivity index (χ1v) is 6.34. The Balaban J connectivity index is 2.53. The van der Waals surface area contributed by atoms with Gasteiger partial charge in [-0.05, 0) is 25.8 Å². The van der Waals surface area contributed by atoms with Crippen LogP contribution in [0.2, 0.25) is 5.02 Å². The van der Waals surface area contributed by atoms with Crippen LogP contribution in [0.25, 0.3) is 0 Å². The predicted octanol–water partition coefficient (Wildman–Crippen LogP) is 3.04. The molecule has 1 rings (SSSR count). The second-order valence-electron chi connectivity index (χ2n) is 4.66. The summed E-state index contributed by atoms with van der Waals surface area (Å²) in [5.41, 5.74) is 0.906. The molecule has 16 heavy (non-hydrogen) atoms. The second-order valence-corrected chi connectivity index (χ2v) is 5.06. The van der Waals surface area contributed by atoms with Crippen molar-refractivity contribution >= 4 is 11.6 Å². The third-order valence-corrected chi connectivity index (χ3v) is 3.01. The smallest absolute Gasteiger partial charge is 0.0815 e. The van der Waals surface area contributed by atoms with E-state index in [1.165, 1.54) is 0 Å². The van der Waals surface area contributed by atoms with Crippen LogP contribution in [0.5, 0.6) is 0 Å². The Hall–Kier alpha value is -0.540. The number of aryl methyl sites for hydroxylation is 1. The summed E-state index contributed by atoms with van der Waals surface area (Å²) >= 11 is 6.01. The molecular weight excluding hydrogens is 222 g/mol. The molecule has 0 spiro atoms. The van der Waals surface area contributed by atoms with Crippen molar-refractivity contribution in [1.82, 2.24) is 15.1 Å². The number of nitrogens with zero attached hydrogens (tertiary/aromatic N) is 2. The minimum absolute atomic E-state index is 0.393. The van der Waals surface area contributed by atoms with Gasteiger partial charge in [0.1, 0.15) is 0 Å². The van der Waals surface area contributed by atoms with E-state index in [-0.39, 0.29) is 0 Å². The zero-order valence-electron chi connectivity index (χ0n) is 10.6. The molecule has 0 aromatic carbocycles. The van der Waals surface area contributed by atoms with Crippen LogP contribution in [-0.2, 0) is 0 Å². The number of halogens is 1. The molecule has 4 heteroatoms. The van der Waals surface area contributed by atoms with Gasteiger partial charge in [-0.25, -0.2) is 0 Å². The Morgan fingerprint density at radius 2 is 2.12 bits per heavy atom.